The van der Waals surface area contributed by atoms with E-state index in [0.717, 1.165) is 24.7 Å². The van der Waals surface area contributed by atoms with Crippen molar-refractivity contribution in [3.8, 4) is 0 Å². The number of rotatable bonds is 2. The van der Waals surface area contributed by atoms with Gasteiger partial charge in [0.05, 0.1) is 6.10 Å². The Hall–Kier alpha value is -0.0400. The first-order valence-corrected chi connectivity index (χ1v) is 4.90. The molecule has 1 heteroatoms. The first-order chi connectivity index (χ1) is 5.22. The van der Waals surface area contributed by atoms with Crippen LogP contribution in [0, 0.1) is 11.8 Å². The number of hydrogen-bond donors (Lipinski definition) is 1. The van der Waals surface area contributed by atoms with E-state index in [1.54, 1.807) is 0 Å². The molecule has 0 amide bonds. The van der Waals surface area contributed by atoms with Gasteiger partial charge >= 0.3 is 0 Å². The van der Waals surface area contributed by atoms with Crippen molar-refractivity contribution in [2.75, 3.05) is 0 Å². The highest BCUT2D eigenvalue weighted by atomic mass is 16.3. The Bertz CT molecular complexity index is 101. The Kier molecular flexibility index (Phi) is 3.38. The second-order valence-electron chi connectivity index (χ2n) is 4.12. The molecule has 0 aliphatic heterocycles. The van der Waals surface area contributed by atoms with E-state index in [4.69, 9.17) is 0 Å². The van der Waals surface area contributed by atoms with E-state index in [2.05, 4.69) is 13.8 Å². The Balaban J connectivity index is 2.30. The molecule has 1 aliphatic rings. The van der Waals surface area contributed by atoms with E-state index in [-0.39, 0.29) is 6.10 Å². The smallest absolute Gasteiger partial charge is 0.0545 e. The fraction of sp³-hybridized carbons (Fsp3) is 1.00. The van der Waals surface area contributed by atoms with Crippen LogP contribution < -0.4 is 0 Å². The minimum absolute atomic E-state index is 0.00435. The number of aliphatic hydroxyl groups is 1. The zero-order valence-electron chi connectivity index (χ0n) is 7.71. The monoisotopic (exact) mass is 156 g/mol. The summed E-state index contributed by atoms with van der Waals surface area (Å²) in [4.78, 5) is 0. The molecule has 11 heavy (non-hydrogen) atoms. The summed E-state index contributed by atoms with van der Waals surface area (Å²) in [6.45, 7) is 4.48. The Morgan fingerprint density at radius 3 is 2.55 bits per heavy atom. The van der Waals surface area contributed by atoms with Gasteiger partial charge < -0.3 is 5.11 Å². The van der Waals surface area contributed by atoms with Crippen LogP contribution in [0.5, 0.6) is 0 Å². The van der Waals surface area contributed by atoms with Gasteiger partial charge in [0.15, 0.2) is 0 Å². The van der Waals surface area contributed by atoms with E-state index in [1.165, 1.54) is 19.3 Å². The van der Waals surface area contributed by atoms with Crippen LogP contribution in [0.4, 0.5) is 0 Å². The average molecular weight is 156 g/mol. The maximum absolute atomic E-state index is 9.48. The van der Waals surface area contributed by atoms with Crippen molar-refractivity contribution in [3.05, 3.63) is 0 Å². The Morgan fingerprint density at radius 2 is 2.00 bits per heavy atom. The summed E-state index contributed by atoms with van der Waals surface area (Å²) < 4.78 is 0. The Morgan fingerprint density at radius 1 is 1.27 bits per heavy atom. The second-order valence-corrected chi connectivity index (χ2v) is 4.12. The standard InChI is InChI=1S/C10H20O/c1-3-4-9-5-8(2)6-10(11)7-9/h8-11H,3-7H2,1-2H3/t8?,9?,10-/m0/s1. The molecule has 1 aliphatic carbocycles. The third-order valence-electron chi connectivity index (χ3n) is 2.71. The molecule has 2 unspecified atom stereocenters. The van der Waals surface area contributed by atoms with Crippen molar-refractivity contribution in [1.82, 2.24) is 0 Å². The molecule has 1 N–H and O–H groups in total. The molecule has 66 valence electrons. The van der Waals surface area contributed by atoms with Gasteiger partial charge in [-0.1, -0.05) is 26.7 Å². The van der Waals surface area contributed by atoms with Gasteiger partial charge in [0.1, 0.15) is 0 Å². The van der Waals surface area contributed by atoms with E-state index >= 15 is 0 Å². The van der Waals surface area contributed by atoms with Crippen molar-refractivity contribution in [2.24, 2.45) is 11.8 Å². The first kappa shape index (κ1) is 9.05. The van der Waals surface area contributed by atoms with Gasteiger partial charge in [-0.2, -0.15) is 0 Å². The summed E-state index contributed by atoms with van der Waals surface area (Å²) in [5, 5.41) is 9.48. The summed E-state index contributed by atoms with van der Waals surface area (Å²) in [6, 6.07) is 0. The zero-order chi connectivity index (χ0) is 8.27. The van der Waals surface area contributed by atoms with Crippen molar-refractivity contribution < 1.29 is 5.11 Å². The molecule has 1 fully saturated rings. The predicted molar refractivity (Wildman–Crippen MR) is 47.4 cm³/mol. The van der Waals surface area contributed by atoms with Crippen LogP contribution in [0.25, 0.3) is 0 Å². The zero-order valence-corrected chi connectivity index (χ0v) is 7.71. The van der Waals surface area contributed by atoms with Gasteiger partial charge in [-0.15, -0.1) is 0 Å². The van der Waals surface area contributed by atoms with Gasteiger partial charge in [0.25, 0.3) is 0 Å². The summed E-state index contributed by atoms with van der Waals surface area (Å²) in [5.74, 6) is 1.55. The van der Waals surface area contributed by atoms with Gasteiger partial charge in [-0.3, -0.25) is 0 Å². The van der Waals surface area contributed by atoms with E-state index in [9.17, 15) is 5.11 Å². The van der Waals surface area contributed by atoms with Crippen molar-refractivity contribution in [2.45, 2.75) is 52.1 Å². The maximum atomic E-state index is 9.48. The lowest BCUT2D eigenvalue weighted by Crippen LogP contribution is -2.24. The average Bonchev–Trinajstić information content (AvgIpc) is 1.85. The molecule has 0 heterocycles. The Labute approximate surface area is 69.8 Å². The SMILES string of the molecule is CCCC1CC(C)C[C@H](O)C1. The molecule has 1 rings (SSSR count). The molecule has 0 radical (unpaired) electrons. The third kappa shape index (κ3) is 2.82. The molecule has 0 spiro atoms. The topological polar surface area (TPSA) is 20.2 Å². The lowest BCUT2D eigenvalue weighted by Gasteiger charge is -2.30. The predicted octanol–water partition coefficient (Wildman–Crippen LogP) is 2.58. The van der Waals surface area contributed by atoms with Crippen molar-refractivity contribution in [1.29, 1.82) is 0 Å². The second kappa shape index (κ2) is 4.10. The van der Waals surface area contributed by atoms with Gasteiger partial charge in [-0.05, 0) is 31.1 Å². The molecule has 0 bridgehead atoms. The molecule has 3 atom stereocenters. The van der Waals surface area contributed by atoms with Gasteiger partial charge in [0, 0.05) is 0 Å². The summed E-state index contributed by atoms with van der Waals surface area (Å²) >= 11 is 0. The van der Waals surface area contributed by atoms with Gasteiger partial charge in [-0.25, -0.2) is 0 Å². The highest BCUT2D eigenvalue weighted by molar-refractivity contribution is 4.75. The quantitative estimate of drug-likeness (QED) is 0.651. The molecular formula is C10H20O. The first-order valence-electron chi connectivity index (χ1n) is 4.90. The summed E-state index contributed by atoms with van der Waals surface area (Å²) in [7, 11) is 0. The van der Waals surface area contributed by atoms with E-state index in [0.29, 0.717) is 0 Å². The highest BCUT2D eigenvalue weighted by Gasteiger charge is 2.23. The maximum Gasteiger partial charge on any atom is 0.0545 e. The van der Waals surface area contributed by atoms with Crippen LogP contribution in [0.1, 0.15) is 46.0 Å². The molecule has 0 saturated heterocycles. The van der Waals surface area contributed by atoms with Crippen LogP contribution in [0.15, 0.2) is 0 Å². The van der Waals surface area contributed by atoms with Gasteiger partial charge in [0.2, 0.25) is 0 Å². The van der Waals surface area contributed by atoms with Crippen molar-refractivity contribution >= 4 is 0 Å². The lowest BCUT2D eigenvalue weighted by atomic mass is 9.79. The molecule has 1 nitrogen and oxygen atoms in total. The van der Waals surface area contributed by atoms with Crippen molar-refractivity contribution in [3.63, 3.8) is 0 Å². The van der Waals surface area contributed by atoms with Crippen LogP contribution in [0.2, 0.25) is 0 Å². The third-order valence-corrected chi connectivity index (χ3v) is 2.71. The molecule has 0 aromatic heterocycles. The minimum Gasteiger partial charge on any atom is -0.393 e. The minimum atomic E-state index is -0.00435. The van der Waals surface area contributed by atoms with Crippen LogP contribution in [-0.4, -0.2) is 11.2 Å². The molecule has 1 saturated carbocycles. The fourth-order valence-electron chi connectivity index (χ4n) is 2.35. The lowest BCUT2D eigenvalue weighted by molar-refractivity contribution is 0.0721. The van der Waals surface area contributed by atoms with Crippen LogP contribution in [0.3, 0.4) is 0 Å². The highest BCUT2D eigenvalue weighted by Crippen LogP contribution is 2.31. The van der Waals surface area contributed by atoms with Crippen LogP contribution in [-0.2, 0) is 0 Å². The van der Waals surface area contributed by atoms with E-state index in [1.807, 2.05) is 0 Å². The molecule has 0 aromatic carbocycles. The van der Waals surface area contributed by atoms with Crippen LogP contribution >= 0.6 is 0 Å². The molecular weight excluding hydrogens is 136 g/mol. The molecule has 0 aromatic rings. The number of hydrogen-bond acceptors (Lipinski definition) is 1. The normalized spacial score (nSPS) is 39.0. The number of aliphatic hydroxyl groups excluding tert-OH is 1. The largest absolute Gasteiger partial charge is 0.393 e. The van der Waals surface area contributed by atoms with E-state index < -0.39 is 0 Å². The fourth-order valence-corrected chi connectivity index (χ4v) is 2.35. The summed E-state index contributed by atoms with van der Waals surface area (Å²) in [6.07, 6.45) is 5.99. The summed E-state index contributed by atoms with van der Waals surface area (Å²) in [5.41, 5.74) is 0.